The lowest BCUT2D eigenvalue weighted by atomic mass is 9.92. The number of amides is 2. The van der Waals surface area contributed by atoms with Crippen molar-refractivity contribution >= 4 is 50.8 Å². The van der Waals surface area contributed by atoms with Gasteiger partial charge in [-0.3, -0.25) is 14.4 Å². The second-order valence-corrected chi connectivity index (χ2v) is 9.26. The minimum absolute atomic E-state index is 0.0439. The molecule has 2 amide bonds. The molecule has 2 N–H and O–H groups in total. The molecule has 0 fully saturated rings. The molecule has 8 heteroatoms. The molecule has 0 spiro atoms. The van der Waals surface area contributed by atoms with E-state index in [1.165, 1.54) is 17.4 Å². The molecule has 0 bridgehead atoms. The van der Waals surface area contributed by atoms with Crippen LogP contribution in [-0.4, -0.2) is 35.7 Å². The molecule has 3 atom stereocenters. The highest BCUT2D eigenvalue weighted by Gasteiger charge is 2.27. The van der Waals surface area contributed by atoms with Gasteiger partial charge in [0.1, 0.15) is 0 Å². The number of thiazole rings is 1. The van der Waals surface area contributed by atoms with E-state index >= 15 is 0 Å². The van der Waals surface area contributed by atoms with Gasteiger partial charge in [0.05, 0.1) is 21.1 Å². The van der Waals surface area contributed by atoms with Crippen molar-refractivity contribution < 1.29 is 14.4 Å². The summed E-state index contributed by atoms with van der Waals surface area (Å²) in [6.45, 7) is 7.61. The van der Waals surface area contributed by atoms with E-state index in [1.54, 1.807) is 13.1 Å². The van der Waals surface area contributed by atoms with Crippen molar-refractivity contribution in [3.63, 3.8) is 0 Å². The number of hydrogen-bond acceptors (Lipinski definition) is 5. The van der Waals surface area contributed by atoms with Crippen molar-refractivity contribution in [2.75, 3.05) is 7.05 Å². The summed E-state index contributed by atoms with van der Waals surface area (Å²) in [5.74, 6) is -0.800. The van der Waals surface area contributed by atoms with Crippen LogP contribution < -0.4 is 10.6 Å². The van der Waals surface area contributed by atoms with Crippen LogP contribution in [0, 0.1) is 11.8 Å². The third-order valence-electron chi connectivity index (χ3n) is 5.49. The summed E-state index contributed by atoms with van der Waals surface area (Å²) in [4.78, 5) is 41.5. The number of fused-ring (bicyclic) bond motifs is 1. The van der Waals surface area contributed by atoms with E-state index in [2.05, 4.69) is 22.2 Å². The smallest absolute Gasteiger partial charge is 0.224 e. The summed E-state index contributed by atoms with van der Waals surface area (Å²) >= 11 is 7.54. The molecule has 0 unspecified atom stereocenters. The van der Waals surface area contributed by atoms with Gasteiger partial charge >= 0.3 is 0 Å². The zero-order valence-electron chi connectivity index (χ0n) is 18.2. The second-order valence-electron chi connectivity index (χ2n) is 7.71. The number of benzene rings is 1. The zero-order chi connectivity index (χ0) is 23.0. The third kappa shape index (κ3) is 7.43. The number of ketones is 1. The summed E-state index contributed by atoms with van der Waals surface area (Å²) < 4.78 is 0.946. The summed E-state index contributed by atoms with van der Waals surface area (Å²) in [6, 6.07) is 5.33. The van der Waals surface area contributed by atoms with Gasteiger partial charge in [-0.2, -0.15) is 0 Å². The van der Waals surface area contributed by atoms with E-state index in [9.17, 15) is 14.4 Å². The van der Waals surface area contributed by atoms with Crippen LogP contribution in [-0.2, 0) is 20.8 Å². The van der Waals surface area contributed by atoms with Gasteiger partial charge in [-0.15, -0.1) is 11.3 Å². The molecule has 0 aliphatic heterocycles. The molecular formula is C23H30ClN3O3S. The number of carbonyl (C=O) groups excluding carboxylic acids is 3. The van der Waals surface area contributed by atoms with E-state index in [0.717, 1.165) is 21.6 Å². The molecule has 0 saturated heterocycles. The fraction of sp³-hybridized carbons (Fsp3) is 0.478. The van der Waals surface area contributed by atoms with Gasteiger partial charge < -0.3 is 10.6 Å². The first-order chi connectivity index (χ1) is 14.8. The Balaban J connectivity index is 2.18. The number of carbonyl (C=O) groups is 3. The van der Waals surface area contributed by atoms with Crippen LogP contribution in [0.25, 0.3) is 10.2 Å². The molecule has 2 aromatic rings. The SMILES string of the molecule is C=CC(=O)CC[C@@H](NC(=O)[C@@H](CC(=O)NC)Cc1nc2ccc(Cl)cc2s1)[C@@H](C)CC. The molecule has 6 nitrogen and oxygen atoms in total. The number of rotatable bonds is 12. The number of hydrogen-bond donors (Lipinski definition) is 2. The lowest BCUT2D eigenvalue weighted by Crippen LogP contribution is -2.44. The van der Waals surface area contributed by atoms with Crippen LogP contribution in [0.4, 0.5) is 0 Å². The molecule has 168 valence electrons. The highest BCUT2D eigenvalue weighted by atomic mass is 35.5. The Kier molecular flexibility index (Phi) is 9.65. The molecule has 0 aliphatic carbocycles. The highest BCUT2D eigenvalue weighted by Crippen LogP contribution is 2.27. The molecule has 0 radical (unpaired) electrons. The fourth-order valence-corrected chi connectivity index (χ4v) is 4.63. The fourth-order valence-electron chi connectivity index (χ4n) is 3.31. The molecule has 0 saturated carbocycles. The first kappa shape index (κ1) is 25.0. The van der Waals surface area contributed by atoms with Crippen molar-refractivity contribution in [1.29, 1.82) is 0 Å². The van der Waals surface area contributed by atoms with Gasteiger partial charge in [0.15, 0.2) is 5.78 Å². The normalized spacial score (nSPS) is 13.9. The zero-order valence-corrected chi connectivity index (χ0v) is 19.8. The van der Waals surface area contributed by atoms with Crippen LogP contribution >= 0.6 is 22.9 Å². The Labute approximate surface area is 192 Å². The van der Waals surface area contributed by atoms with Crippen molar-refractivity contribution in [3.05, 3.63) is 40.9 Å². The topological polar surface area (TPSA) is 88.2 Å². The van der Waals surface area contributed by atoms with E-state index in [-0.39, 0.29) is 36.0 Å². The van der Waals surface area contributed by atoms with Gasteiger partial charge in [0, 0.05) is 37.4 Å². The largest absolute Gasteiger partial charge is 0.359 e. The second kappa shape index (κ2) is 12.0. The summed E-state index contributed by atoms with van der Waals surface area (Å²) in [6.07, 6.45) is 3.47. The number of aromatic nitrogens is 1. The van der Waals surface area contributed by atoms with E-state index in [1.807, 2.05) is 26.0 Å². The maximum Gasteiger partial charge on any atom is 0.224 e. The van der Waals surface area contributed by atoms with Gasteiger partial charge in [-0.25, -0.2) is 4.98 Å². The molecule has 31 heavy (non-hydrogen) atoms. The van der Waals surface area contributed by atoms with Crippen LogP contribution in [0.1, 0.15) is 44.5 Å². The summed E-state index contributed by atoms with van der Waals surface area (Å²) in [5, 5.41) is 7.10. The summed E-state index contributed by atoms with van der Waals surface area (Å²) in [5.41, 5.74) is 0.823. The van der Waals surface area contributed by atoms with Gasteiger partial charge in [-0.05, 0) is 36.6 Å². The third-order valence-corrected chi connectivity index (χ3v) is 6.76. The minimum atomic E-state index is -0.558. The quantitative estimate of drug-likeness (QED) is 0.459. The molecule has 1 aromatic carbocycles. The number of halogens is 1. The lowest BCUT2D eigenvalue weighted by Gasteiger charge is -2.26. The van der Waals surface area contributed by atoms with Crippen molar-refractivity contribution in [3.8, 4) is 0 Å². The Bertz CT molecular complexity index is 943. The Morgan fingerprint density at radius 3 is 2.71 bits per heavy atom. The van der Waals surface area contributed by atoms with Crippen LogP contribution in [0.2, 0.25) is 5.02 Å². The van der Waals surface area contributed by atoms with Crippen molar-refractivity contribution in [2.45, 2.75) is 52.0 Å². The molecular weight excluding hydrogens is 434 g/mol. The Morgan fingerprint density at radius 2 is 2.06 bits per heavy atom. The predicted octanol–water partition coefficient (Wildman–Crippen LogP) is 4.31. The van der Waals surface area contributed by atoms with Gasteiger partial charge in [0.25, 0.3) is 0 Å². The van der Waals surface area contributed by atoms with Crippen LogP contribution in [0.5, 0.6) is 0 Å². The van der Waals surface area contributed by atoms with Crippen molar-refractivity contribution in [2.24, 2.45) is 11.8 Å². The maximum absolute atomic E-state index is 13.2. The van der Waals surface area contributed by atoms with Crippen molar-refractivity contribution in [1.82, 2.24) is 15.6 Å². The molecule has 1 aromatic heterocycles. The average molecular weight is 464 g/mol. The van der Waals surface area contributed by atoms with Gasteiger partial charge in [-0.1, -0.05) is 38.4 Å². The first-order valence-corrected chi connectivity index (χ1v) is 11.7. The highest BCUT2D eigenvalue weighted by molar-refractivity contribution is 7.18. The minimum Gasteiger partial charge on any atom is -0.359 e. The Hall–Kier alpha value is -2.25. The standard InChI is InChI=1S/C23H30ClN3O3S/c1-5-14(3)18(10-8-17(28)6-2)27-23(30)15(11-21(29)25-4)12-22-26-19-9-7-16(24)13-20(19)31-22/h6-7,9,13-15,18H,2,5,8,10-12H2,1,3-4H3,(H,25,29)(H,27,30)/t14-,15-,18+/m0/s1. The number of nitrogens with one attached hydrogen (secondary N) is 2. The summed E-state index contributed by atoms with van der Waals surface area (Å²) in [7, 11) is 1.56. The molecule has 0 aliphatic rings. The Morgan fingerprint density at radius 1 is 1.32 bits per heavy atom. The van der Waals surface area contributed by atoms with Gasteiger partial charge in [0.2, 0.25) is 11.8 Å². The predicted molar refractivity (Wildman–Crippen MR) is 126 cm³/mol. The monoisotopic (exact) mass is 463 g/mol. The average Bonchev–Trinajstić information content (AvgIpc) is 3.16. The lowest BCUT2D eigenvalue weighted by molar-refractivity contribution is -0.131. The first-order valence-electron chi connectivity index (χ1n) is 10.5. The maximum atomic E-state index is 13.2. The molecule has 2 rings (SSSR count). The van der Waals surface area contributed by atoms with E-state index in [0.29, 0.717) is 24.3 Å². The van der Waals surface area contributed by atoms with Crippen LogP contribution in [0.3, 0.4) is 0 Å². The van der Waals surface area contributed by atoms with Crippen LogP contribution in [0.15, 0.2) is 30.9 Å². The number of nitrogens with zero attached hydrogens (tertiary/aromatic N) is 1. The molecule has 1 heterocycles. The van der Waals surface area contributed by atoms with E-state index < -0.39 is 5.92 Å². The van der Waals surface area contributed by atoms with E-state index in [4.69, 9.17) is 11.6 Å². The number of allylic oxidation sites excluding steroid dienone is 1.